The van der Waals surface area contributed by atoms with Crippen molar-refractivity contribution in [1.82, 2.24) is 10.3 Å². The van der Waals surface area contributed by atoms with Crippen LogP contribution in [0, 0.1) is 11.6 Å². The van der Waals surface area contributed by atoms with E-state index in [9.17, 15) is 13.6 Å². The van der Waals surface area contributed by atoms with Gasteiger partial charge < -0.3 is 20.2 Å². The van der Waals surface area contributed by atoms with Crippen molar-refractivity contribution in [3.05, 3.63) is 52.6 Å². The number of halogens is 3. The molecule has 4 rings (SSSR count). The third kappa shape index (κ3) is 4.28. The molecule has 1 saturated heterocycles. The van der Waals surface area contributed by atoms with E-state index in [0.717, 1.165) is 17.6 Å². The van der Waals surface area contributed by atoms with Gasteiger partial charge in [-0.05, 0) is 12.1 Å². The highest BCUT2D eigenvalue weighted by Gasteiger charge is 2.28. The molecule has 1 fully saturated rings. The molecule has 0 radical (unpaired) electrons. The number of anilines is 1. The third-order valence-electron chi connectivity index (χ3n) is 4.04. The van der Waals surface area contributed by atoms with Gasteiger partial charge in [0, 0.05) is 47.7 Å². The number of fused-ring (bicyclic) bond motifs is 1. The Hall–Kier alpha value is -2.87. The van der Waals surface area contributed by atoms with Crippen molar-refractivity contribution in [3.63, 3.8) is 0 Å². The lowest BCUT2D eigenvalue weighted by atomic mass is 9.97. The van der Waals surface area contributed by atoms with Crippen LogP contribution in [0.25, 0.3) is 11.1 Å². The van der Waals surface area contributed by atoms with E-state index in [1.807, 2.05) is 0 Å². The third-order valence-corrected chi connectivity index (χ3v) is 4.28. The minimum atomic E-state index is -0.668. The van der Waals surface area contributed by atoms with Gasteiger partial charge in [-0.15, -0.1) is 0 Å². The van der Waals surface area contributed by atoms with Crippen molar-refractivity contribution in [2.75, 3.05) is 19.4 Å². The van der Waals surface area contributed by atoms with Crippen LogP contribution in [0.15, 0.2) is 34.7 Å². The summed E-state index contributed by atoms with van der Waals surface area (Å²) in [6, 6.07) is 7.61. The van der Waals surface area contributed by atoms with Gasteiger partial charge in [-0.2, -0.15) is 4.98 Å². The molecule has 0 aliphatic carbocycles. The van der Waals surface area contributed by atoms with Crippen molar-refractivity contribution in [2.45, 2.75) is 12.3 Å². The fourth-order valence-electron chi connectivity index (χ4n) is 2.79. The number of nitrogens with two attached hydrogens (primary N) is 1. The number of rotatable bonds is 2. The van der Waals surface area contributed by atoms with Crippen LogP contribution in [-0.4, -0.2) is 24.5 Å². The Bertz CT molecular complexity index is 970. The van der Waals surface area contributed by atoms with Gasteiger partial charge in [0.1, 0.15) is 22.9 Å². The number of nitrogen functional groups attached to an aromatic ring is 1. The summed E-state index contributed by atoms with van der Waals surface area (Å²) in [6.07, 6.45) is 0.125. The molecule has 0 saturated carbocycles. The van der Waals surface area contributed by atoms with E-state index in [0.29, 0.717) is 10.6 Å². The zero-order chi connectivity index (χ0) is 19.6. The fourth-order valence-corrected chi connectivity index (χ4v) is 2.96. The summed E-state index contributed by atoms with van der Waals surface area (Å²) in [5.74, 6) is -1.81. The number of hydrogen-bond donors (Lipinski definition) is 2. The van der Waals surface area contributed by atoms with Crippen LogP contribution in [0.2, 0.25) is 5.02 Å². The normalized spacial score (nSPS) is 16.0. The van der Waals surface area contributed by atoms with Crippen molar-refractivity contribution in [3.8, 4) is 5.75 Å². The summed E-state index contributed by atoms with van der Waals surface area (Å²) in [5.41, 5.74) is 6.63. The predicted molar refractivity (Wildman–Crippen MR) is 96.7 cm³/mol. The number of methoxy groups -OCH3 is 1. The van der Waals surface area contributed by atoms with Gasteiger partial charge >= 0.3 is 0 Å². The number of oxazole rings is 1. The Morgan fingerprint density at radius 3 is 2.59 bits per heavy atom. The monoisotopic (exact) mass is 395 g/mol. The molecule has 2 heterocycles. The van der Waals surface area contributed by atoms with Crippen molar-refractivity contribution in [2.24, 2.45) is 0 Å². The average Bonchev–Trinajstić information content (AvgIpc) is 3.19. The molecule has 1 atom stereocenters. The number of carbonyl (C=O) groups is 1. The summed E-state index contributed by atoms with van der Waals surface area (Å²) >= 11 is 5.70. The van der Waals surface area contributed by atoms with Gasteiger partial charge in [0.2, 0.25) is 5.91 Å². The average molecular weight is 396 g/mol. The lowest BCUT2D eigenvalue weighted by Gasteiger charge is -2.11. The summed E-state index contributed by atoms with van der Waals surface area (Å²) in [5, 5.41) is 3.17. The van der Waals surface area contributed by atoms with E-state index in [1.165, 1.54) is 7.11 Å². The van der Waals surface area contributed by atoms with E-state index in [-0.39, 0.29) is 36.2 Å². The minimum Gasteiger partial charge on any atom is -0.497 e. The molecule has 2 aromatic carbocycles. The van der Waals surface area contributed by atoms with Crippen LogP contribution in [0.3, 0.4) is 0 Å². The lowest BCUT2D eigenvalue weighted by molar-refractivity contribution is -0.119. The first-order valence-electron chi connectivity index (χ1n) is 7.98. The van der Waals surface area contributed by atoms with E-state index >= 15 is 0 Å². The van der Waals surface area contributed by atoms with Gasteiger partial charge in [-0.1, -0.05) is 11.6 Å². The van der Waals surface area contributed by atoms with Crippen LogP contribution in [-0.2, 0) is 4.79 Å². The van der Waals surface area contributed by atoms with Gasteiger partial charge in [0.25, 0.3) is 6.01 Å². The molecular formula is C18H16ClF2N3O3. The number of ether oxygens (including phenoxy) is 1. The van der Waals surface area contributed by atoms with Crippen molar-refractivity contribution >= 4 is 34.6 Å². The van der Waals surface area contributed by atoms with E-state index < -0.39 is 17.6 Å². The smallest absolute Gasteiger partial charge is 0.292 e. The Morgan fingerprint density at radius 1 is 1.30 bits per heavy atom. The van der Waals surface area contributed by atoms with E-state index in [1.54, 1.807) is 18.2 Å². The molecule has 1 amide bonds. The maximum Gasteiger partial charge on any atom is 0.292 e. The first kappa shape index (κ1) is 18.9. The molecule has 1 aliphatic heterocycles. The number of benzene rings is 2. The summed E-state index contributed by atoms with van der Waals surface area (Å²) in [7, 11) is 1.34. The summed E-state index contributed by atoms with van der Waals surface area (Å²) in [4.78, 5) is 14.9. The molecule has 3 N–H and O–H groups in total. The maximum atomic E-state index is 13.6. The first-order chi connectivity index (χ1) is 12.9. The molecule has 142 valence electrons. The highest BCUT2D eigenvalue weighted by atomic mass is 35.5. The maximum absolute atomic E-state index is 13.6. The largest absolute Gasteiger partial charge is 0.497 e. The second-order valence-corrected chi connectivity index (χ2v) is 6.31. The molecule has 1 aromatic heterocycles. The molecule has 3 aromatic rings. The van der Waals surface area contributed by atoms with Crippen LogP contribution < -0.4 is 15.8 Å². The van der Waals surface area contributed by atoms with Crippen molar-refractivity contribution < 1.29 is 22.7 Å². The number of hydrogen-bond acceptors (Lipinski definition) is 5. The molecular weight excluding hydrogens is 380 g/mol. The Labute approximate surface area is 158 Å². The molecule has 6 nitrogen and oxygen atoms in total. The second-order valence-electron chi connectivity index (χ2n) is 5.87. The Kier molecular flexibility index (Phi) is 5.46. The topological polar surface area (TPSA) is 90.4 Å². The molecule has 0 bridgehead atoms. The number of nitrogens with zero attached hydrogens (tertiary/aromatic N) is 1. The quantitative estimate of drug-likeness (QED) is 0.691. The van der Waals surface area contributed by atoms with Crippen LogP contribution in [0.1, 0.15) is 17.9 Å². The molecule has 27 heavy (non-hydrogen) atoms. The fraction of sp³-hybridized carbons (Fsp3) is 0.222. The van der Waals surface area contributed by atoms with E-state index in [2.05, 4.69) is 10.3 Å². The zero-order valence-electron chi connectivity index (χ0n) is 14.3. The molecule has 9 heteroatoms. The lowest BCUT2D eigenvalue weighted by Crippen LogP contribution is -2.14. The summed E-state index contributed by atoms with van der Waals surface area (Å²) < 4.78 is 37.0. The van der Waals surface area contributed by atoms with Crippen LogP contribution in [0.4, 0.5) is 14.8 Å². The Balaban J connectivity index is 0.000000166. The minimum absolute atomic E-state index is 0.0425. The highest BCUT2D eigenvalue weighted by molar-refractivity contribution is 6.31. The number of amides is 1. The highest BCUT2D eigenvalue weighted by Crippen LogP contribution is 2.30. The van der Waals surface area contributed by atoms with Gasteiger partial charge in [-0.25, -0.2) is 8.78 Å². The van der Waals surface area contributed by atoms with Gasteiger partial charge in [0.15, 0.2) is 5.58 Å². The summed E-state index contributed by atoms with van der Waals surface area (Å²) in [6.45, 7) is 0.277. The first-order valence-corrected chi connectivity index (χ1v) is 8.36. The second kappa shape index (κ2) is 7.79. The van der Waals surface area contributed by atoms with Gasteiger partial charge in [-0.3, -0.25) is 4.79 Å². The Morgan fingerprint density at radius 2 is 2.00 bits per heavy atom. The number of nitrogens with one attached hydrogen (secondary N) is 1. The molecule has 0 spiro atoms. The number of carbonyl (C=O) groups excluding carboxylic acids is 1. The van der Waals surface area contributed by atoms with Crippen molar-refractivity contribution in [1.29, 1.82) is 0 Å². The predicted octanol–water partition coefficient (Wildman–Crippen LogP) is 3.64. The molecule has 1 unspecified atom stereocenters. The zero-order valence-corrected chi connectivity index (χ0v) is 15.0. The standard InChI is InChI=1S/C11H11F2NO2.C7H5ClN2O/c1-16-7-3-8(12)11(9(13)4-7)6-2-10(15)14-5-6;8-4-1-2-5-6(3-4)11-7(9)10-5/h3-4,6H,2,5H2,1H3,(H,14,15);1-3H,(H2,9,10). The van der Waals surface area contributed by atoms with Gasteiger partial charge in [0.05, 0.1) is 7.11 Å². The van der Waals surface area contributed by atoms with E-state index in [4.69, 9.17) is 26.5 Å². The number of aromatic nitrogens is 1. The SMILES string of the molecule is COc1cc(F)c(C2CNC(=O)C2)c(F)c1.Nc1nc2ccc(Cl)cc2o1. The molecule has 1 aliphatic rings. The van der Waals surface area contributed by atoms with Crippen LogP contribution >= 0.6 is 11.6 Å². The van der Waals surface area contributed by atoms with Crippen LogP contribution in [0.5, 0.6) is 5.75 Å².